The first-order valence-corrected chi connectivity index (χ1v) is 22.1. The Kier molecular flexibility index (Phi) is 15.4. The summed E-state index contributed by atoms with van der Waals surface area (Å²) >= 11 is 0. The zero-order valence-corrected chi connectivity index (χ0v) is 38.6. The topological polar surface area (TPSA) is 223 Å². The number of hydrogen-bond acceptors (Lipinski definition) is 15. The molecule has 358 valence electrons. The first-order chi connectivity index (χ1) is 32.2. The molecule has 0 spiro atoms. The minimum Gasteiger partial charge on any atom is -0.508 e. The van der Waals surface area contributed by atoms with Crippen molar-refractivity contribution in [2.75, 3.05) is 54.4 Å². The number of benzene rings is 5. The zero-order valence-electron chi connectivity index (χ0n) is 38.6. The van der Waals surface area contributed by atoms with Gasteiger partial charge in [-0.3, -0.25) is 4.79 Å². The smallest absolute Gasteiger partial charge is 0.176 e. The summed E-state index contributed by atoms with van der Waals surface area (Å²) in [6.45, 7) is 6.62. The van der Waals surface area contributed by atoms with Gasteiger partial charge in [-0.05, 0) is 132 Å². The van der Waals surface area contributed by atoms with Crippen LogP contribution in [0.4, 0.5) is 0 Å². The Labute approximate surface area is 389 Å². The fraction of sp³-hybridized carbons (Fsp3) is 0.404. The number of carbonyl (C=O) groups excluding carboxylic acids is 1. The van der Waals surface area contributed by atoms with E-state index in [0.717, 1.165) is 16.7 Å². The van der Waals surface area contributed by atoms with Crippen LogP contribution in [0.5, 0.6) is 40.2 Å². The molecule has 0 radical (unpaired) electrons. The Hall–Kier alpha value is -5.75. The fourth-order valence-corrected chi connectivity index (χ4v) is 9.20. The number of ether oxygens (including phenoxy) is 7. The molecule has 2 saturated heterocycles. The standard InChI is InChI=1S/C52H60O15/c1-26-12-32(48(58)38(22-55)30-8-10-41(57)27(2)13-30)17-44(29(26)4)67-42-11-9-31(16-45(42)61-5)51-39-24-65-52(40(39)25-64-51)33-15-37(49(59)46(18-33)62-6)35-19-43(66-34(20-53)21-54)28(3)14-36(35)50(60)47(23-56)63-7/h8-20,34,38-40,47-48,50-52,54-60H,21-25H2,1-7H3. The van der Waals surface area contributed by atoms with E-state index >= 15 is 0 Å². The molecule has 0 bridgehead atoms. The highest BCUT2D eigenvalue weighted by atomic mass is 16.5. The summed E-state index contributed by atoms with van der Waals surface area (Å²) in [5.74, 6) is 0.783. The summed E-state index contributed by atoms with van der Waals surface area (Å²) in [7, 11) is 4.34. The molecule has 9 atom stereocenters. The second kappa shape index (κ2) is 21.0. The van der Waals surface area contributed by atoms with Gasteiger partial charge in [0.25, 0.3) is 0 Å². The number of aryl methyl sites for hydroxylation is 3. The Balaban J connectivity index is 1.16. The van der Waals surface area contributed by atoms with Gasteiger partial charge in [0.2, 0.25) is 0 Å². The van der Waals surface area contributed by atoms with Crippen molar-refractivity contribution >= 4 is 6.29 Å². The maximum Gasteiger partial charge on any atom is 0.176 e. The van der Waals surface area contributed by atoms with Gasteiger partial charge in [0.15, 0.2) is 35.4 Å². The van der Waals surface area contributed by atoms with E-state index in [-0.39, 0.29) is 53.1 Å². The molecular formula is C52H60O15. The summed E-state index contributed by atoms with van der Waals surface area (Å²) in [5.41, 5.74) is 6.50. The molecule has 0 aromatic heterocycles. The molecule has 9 unspecified atom stereocenters. The van der Waals surface area contributed by atoms with Crippen molar-refractivity contribution in [3.63, 3.8) is 0 Å². The second-order valence-corrected chi connectivity index (χ2v) is 17.3. The van der Waals surface area contributed by atoms with Crippen LogP contribution >= 0.6 is 0 Å². The third kappa shape index (κ3) is 9.82. The van der Waals surface area contributed by atoms with Gasteiger partial charge in [0, 0.05) is 30.4 Å². The van der Waals surface area contributed by atoms with E-state index in [0.29, 0.717) is 75.7 Å². The summed E-state index contributed by atoms with van der Waals surface area (Å²) in [6.07, 6.45) is -5.01. The highest BCUT2D eigenvalue weighted by Gasteiger charge is 2.48. The molecule has 2 fully saturated rings. The van der Waals surface area contributed by atoms with Crippen molar-refractivity contribution in [3.05, 3.63) is 123 Å². The van der Waals surface area contributed by atoms with Gasteiger partial charge in [-0.1, -0.05) is 24.3 Å². The van der Waals surface area contributed by atoms with E-state index in [1.165, 1.54) is 14.2 Å². The van der Waals surface area contributed by atoms with Gasteiger partial charge in [-0.25, -0.2) is 0 Å². The number of phenols is 2. The number of phenolic OH excluding ortho intramolecular Hbond substituents is 2. The molecular weight excluding hydrogens is 865 g/mol. The molecule has 5 aromatic carbocycles. The number of carbonyl (C=O) groups is 1. The van der Waals surface area contributed by atoms with Crippen LogP contribution in [-0.2, 0) is 19.0 Å². The van der Waals surface area contributed by atoms with E-state index < -0.39 is 49.7 Å². The van der Waals surface area contributed by atoms with Crippen LogP contribution in [0.1, 0.15) is 80.4 Å². The molecule has 0 saturated carbocycles. The van der Waals surface area contributed by atoms with Crippen molar-refractivity contribution in [1.82, 2.24) is 0 Å². The lowest BCUT2D eigenvalue weighted by molar-refractivity contribution is -0.115. The monoisotopic (exact) mass is 924 g/mol. The maximum absolute atomic E-state index is 11.7. The van der Waals surface area contributed by atoms with Gasteiger partial charge < -0.3 is 68.9 Å². The van der Waals surface area contributed by atoms with Crippen molar-refractivity contribution in [3.8, 4) is 51.4 Å². The van der Waals surface area contributed by atoms with Crippen LogP contribution in [0.2, 0.25) is 0 Å². The fourth-order valence-electron chi connectivity index (χ4n) is 9.20. The van der Waals surface area contributed by atoms with Crippen molar-refractivity contribution in [2.24, 2.45) is 11.8 Å². The number of aldehydes is 1. The molecule has 2 aliphatic heterocycles. The zero-order chi connectivity index (χ0) is 48.3. The Morgan fingerprint density at radius 3 is 1.93 bits per heavy atom. The maximum atomic E-state index is 11.7. The predicted octanol–water partition coefficient (Wildman–Crippen LogP) is 6.67. The van der Waals surface area contributed by atoms with Crippen LogP contribution in [-0.4, -0.2) is 109 Å². The third-order valence-electron chi connectivity index (χ3n) is 13.3. The molecule has 15 nitrogen and oxygen atoms in total. The number of methoxy groups -OCH3 is 3. The van der Waals surface area contributed by atoms with Crippen LogP contribution in [0.25, 0.3) is 11.1 Å². The van der Waals surface area contributed by atoms with Crippen LogP contribution < -0.4 is 18.9 Å². The Morgan fingerprint density at radius 2 is 1.31 bits per heavy atom. The van der Waals surface area contributed by atoms with E-state index in [1.54, 1.807) is 69.5 Å². The second-order valence-electron chi connectivity index (χ2n) is 17.3. The van der Waals surface area contributed by atoms with E-state index in [4.69, 9.17) is 33.2 Å². The van der Waals surface area contributed by atoms with Crippen molar-refractivity contribution in [2.45, 2.75) is 70.2 Å². The van der Waals surface area contributed by atoms with Crippen LogP contribution in [0.3, 0.4) is 0 Å². The van der Waals surface area contributed by atoms with Gasteiger partial charge in [-0.15, -0.1) is 0 Å². The largest absolute Gasteiger partial charge is 0.508 e. The molecule has 0 aliphatic carbocycles. The minimum atomic E-state index is -1.35. The highest BCUT2D eigenvalue weighted by Crippen LogP contribution is 2.54. The highest BCUT2D eigenvalue weighted by molar-refractivity contribution is 5.79. The number of aliphatic hydroxyl groups is 5. The summed E-state index contributed by atoms with van der Waals surface area (Å²) in [5, 5.41) is 74.9. The minimum absolute atomic E-state index is 0.0906. The number of aliphatic hydroxyl groups excluding tert-OH is 5. The first-order valence-electron chi connectivity index (χ1n) is 22.1. The van der Waals surface area contributed by atoms with Crippen LogP contribution in [0.15, 0.2) is 72.8 Å². The van der Waals surface area contributed by atoms with Crippen LogP contribution in [0, 0.1) is 39.5 Å². The molecule has 2 aliphatic rings. The molecule has 15 heteroatoms. The summed E-state index contributed by atoms with van der Waals surface area (Å²) in [6, 6.07) is 20.9. The molecule has 7 rings (SSSR count). The number of aromatic hydroxyl groups is 2. The first kappa shape index (κ1) is 49.2. The Bertz CT molecular complexity index is 2550. The van der Waals surface area contributed by atoms with Gasteiger partial charge in [-0.2, -0.15) is 0 Å². The van der Waals surface area contributed by atoms with Crippen molar-refractivity contribution < 1.29 is 73.7 Å². The van der Waals surface area contributed by atoms with Crippen molar-refractivity contribution in [1.29, 1.82) is 0 Å². The molecule has 2 heterocycles. The normalized spacial score (nSPS) is 20.1. The van der Waals surface area contributed by atoms with Gasteiger partial charge in [0.05, 0.1) is 65.6 Å². The number of rotatable bonds is 19. The van der Waals surface area contributed by atoms with Gasteiger partial charge >= 0.3 is 0 Å². The molecule has 5 aromatic rings. The SMILES string of the molecule is COc1cc(C2OCC3C(c4cc(OC)c(O)c(-c5cc(OC(C=O)CO)c(C)cc5C(O)C(CO)OC)c4)OCC23)ccc1Oc1cc(C(O)C(CO)c2ccc(O)c(C)c2)cc(C)c1C. The summed E-state index contributed by atoms with van der Waals surface area (Å²) in [4.78, 5) is 11.6. The number of hydrogen-bond donors (Lipinski definition) is 7. The predicted molar refractivity (Wildman–Crippen MR) is 246 cm³/mol. The lowest BCUT2D eigenvalue weighted by atomic mass is 9.83. The molecule has 0 amide bonds. The van der Waals surface area contributed by atoms with E-state index in [9.17, 15) is 40.5 Å². The average Bonchev–Trinajstić information content (AvgIpc) is 3.95. The Morgan fingerprint density at radius 1 is 0.642 bits per heavy atom. The lowest BCUT2D eigenvalue weighted by Crippen LogP contribution is -2.26. The van der Waals surface area contributed by atoms with E-state index in [2.05, 4.69) is 0 Å². The summed E-state index contributed by atoms with van der Waals surface area (Å²) < 4.78 is 42.3. The third-order valence-corrected chi connectivity index (χ3v) is 13.3. The average molecular weight is 925 g/mol. The quantitative estimate of drug-likeness (QED) is 0.0430. The van der Waals surface area contributed by atoms with E-state index in [1.807, 2.05) is 38.1 Å². The molecule has 67 heavy (non-hydrogen) atoms. The lowest BCUT2D eigenvalue weighted by Gasteiger charge is -2.26. The van der Waals surface area contributed by atoms with Gasteiger partial charge in [0.1, 0.15) is 29.5 Å². The number of fused-ring (bicyclic) bond motifs is 1. The molecule has 7 N–H and O–H groups in total.